The summed E-state index contributed by atoms with van der Waals surface area (Å²) < 4.78 is 14.6. The molecule has 0 radical (unpaired) electrons. The molecule has 0 unspecified atom stereocenters. The van der Waals surface area contributed by atoms with E-state index >= 15 is 0 Å². The lowest BCUT2D eigenvalue weighted by molar-refractivity contribution is -0.623. The van der Waals surface area contributed by atoms with Gasteiger partial charge in [0.15, 0.2) is 17.2 Å². The molecule has 3 aromatic heterocycles. The summed E-state index contributed by atoms with van der Waals surface area (Å²) in [5.41, 5.74) is 4.59. The molecule has 1 saturated carbocycles. The number of rotatable bonds is 7. The molecule has 4 aromatic rings. The van der Waals surface area contributed by atoms with E-state index in [0.29, 0.717) is 17.4 Å². The van der Waals surface area contributed by atoms with Gasteiger partial charge in [0.05, 0.1) is 19.3 Å². The Morgan fingerprint density at radius 1 is 1.10 bits per heavy atom. The minimum atomic E-state index is 0.653. The van der Waals surface area contributed by atoms with Crippen LogP contribution < -0.4 is 19.3 Å². The number of methoxy groups -OCH3 is 2. The van der Waals surface area contributed by atoms with Gasteiger partial charge in [-0.25, -0.2) is 9.97 Å². The van der Waals surface area contributed by atoms with Crippen molar-refractivity contribution in [1.82, 2.24) is 19.7 Å². The third-order valence-corrected chi connectivity index (χ3v) is 5.53. The molecular formula is C23H25N6O2+. The van der Waals surface area contributed by atoms with E-state index in [0.717, 1.165) is 40.7 Å². The molecule has 5 rings (SSSR count). The predicted molar refractivity (Wildman–Crippen MR) is 116 cm³/mol. The highest BCUT2D eigenvalue weighted by molar-refractivity contribution is 5.64. The Morgan fingerprint density at radius 2 is 1.94 bits per heavy atom. The zero-order chi connectivity index (χ0) is 21.4. The smallest absolute Gasteiger partial charge is 0.223 e. The highest BCUT2D eigenvalue weighted by Gasteiger charge is 2.22. The molecule has 1 aromatic carbocycles. The molecule has 1 N–H and O–H groups in total. The third-order valence-electron chi connectivity index (χ3n) is 5.53. The van der Waals surface area contributed by atoms with Crippen LogP contribution in [0.15, 0.2) is 48.9 Å². The largest absolute Gasteiger partial charge is 0.493 e. The monoisotopic (exact) mass is 417 g/mol. The molecule has 8 heteroatoms. The number of fused-ring (bicyclic) bond motifs is 1. The fourth-order valence-corrected chi connectivity index (χ4v) is 3.66. The number of benzene rings is 1. The average molecular weight is 417 g/mol. The van der Waals surface area contributed by atoms with Crippen LogP contribution in [-0.2, 0) is 0 Å². The molecule has 0 bridgehead atoms. The van der Waals surface area contributed by atoms with Crippen molar-refractivity contribution < 1.29 is 14.0 Å². The number of hydrogen-bond donors (Lipinski definition) is 1. The summed E-state index contributed by atoms with van der Waals surface area (Å²) in [6.45, 7) is 2.99. The SMILES string of the molecule is COc1ccc(-c2cc[n+]3cc(C)c(-c4ccnc(NCC5CC5)n4)n3n2)cc1OC. The van der Waals surface area contributed by atoms with Crippen LogP contribution in [0.5, 0.6) is 11.5 Å². The summed E-state index contributed by atoms with van der Waals surface area (Å²) in [5, 5.41) is 8.24. The van der Waals surface area contributed by atoms with Crippen LogP contribution >= 0.6 is 0 Å². The molecule has 158 valence electrons. The Bertz CT molecular complexity index is 1250. The van der Waals surface area contributed by atoms with Crippen LogP contribution in [0.1, 0.15) is 18.4 Å². The number of aromatic nitrogens is 5. The summed E-state index contributed by atoms with van der Waals surface area (Å²) >= 11 is 0. The molecule has 1 aliphatic carbocycles. The van der Waals surface area contributed by atoms with E-state index in [1.165, 1.54) is 12.8 Å². The first-order valence-corrected chi connectivity index (χ1v) is 10.4. The van der Waals surface area contributed by atoms with E-state index in [1.807, 2.05) is 51.9 Å². The van der Waals surface area contributed by atoms with Gasteiger partial charge in [-0.3, -0.25) is 0 Å². The van der Waals surface area contributed by atoms with Gasteiger partial charge in [-0.15, -0.1) is 4.52 Å². The van der Waals surface area contributed by atoms with E-state index in [2.05, 4.69) is 17.2 Å². The van der Waals surface area contributed by atoms with Crippen molar-refractivity contribution in [2.75, 3.05) is 26.1 Å². The molecular weight excluding hydrogens is 392 g/mol. The molecule has 0 amide bonds. The van der Waals surface area contributed by atoms with Gasteiger partial charge in [0.1, 0.15) is 18.1 Å². The van der Waals surface area contributed by atoms with Crippen LogP contribution in [0.4, 0.5) is 5.95 Å². The summed E-state index contributed by atoms with van der Waals surface area (Å²) in [5.74, 6) is 2.76. The Hall–Kier alpha value is -3.68. The lowest BCUT2D eigenvalue weighted by atomic mass is 10.1. The standard InChI is InChI=1S/C23H25N6O2/c1-15-14-28-11-9-18(17-6-7-20(30-2)21(12-17)31-3)27-29(28)22(15)19-8-10-24-23(26-19)25-13-16-4-5-16/h6-12,14,16H,4-5,13H2,1-3H3,(H,24,25,26)/q+1. The Kier molecular flexibility index (Phi) is 4.89. The van der Waals surface area contributed by atoms with Gasteiger partial charge in [0.2, 0.25) is 11.6 Å². The van der Waals surface area contributed by atoms with Gasteiger partial charge in [0, 0.05) is 29.9 Å². The van der Waals surface area contributed by atoms with Crippen LogP contribution in [0.2, 0.25) is 0 Å². The molecule has 0 saturated heterocycles. The summed E-state index contributed by atoms with van der Waals surface area (Å²) in [7, 11) is 3.26. The summed E-state index contributed by atoms with van der Waals surface area (Å²) in [6, 6.07) is 9.69. The first-order chi connectivity index (χ1) is 15.2. The second-order valence-electron chi connectivity index (χ2n) is 7.79. The highest BCUT2D eigenvalue weighted by Crippen LogP contribution is 2.32. The molecule has 1 fully saturated rings. The molecule has 31 heavy (non-hydrogen) atoms. The van der Waals surface area contributed by atoms with E-state index < -0.39 is 0 Å². The molecule has 8 nitrogen and oxygen atoms in total. The van der Waals surface area contributed by atoms with Crippen molar-refractivity contribution in [1.29, 1.82) is 0 Å². The lowest BCUT2D eigenvalue weighted by Gasteiger charge is -2.08. The van der Waals surface area contributed by atoms with Crippen molar-refractivity contribution in [3.05, 3.63) is 54.5 Å². The van der Waals surface area contributed by atoms with Crippen molar-refractivity contribution in [2.24, 2.45) is 5.92 Å². The summed E-state index contributed by atoms with van der Waals surface area (Å²) in [4.78, 5) is 9.12. The molecule has 0 spiro atoms. The quantitative estimate of drug-likeness (QED) is 0.466. The Balaban J connectivity index is 1.55. The maximum Gasteiger partial charge on any atom is 0.223 e. The number of nitrogens with zero attached hydrogens (tertiary/aromatic N) is 5. The highest BCUT2D eigenvalue weighted by atomic mass is 16.5. The van der Waals surface area contributed by atoms with Crippen molar-refractivity contribution in [3.8, 4) is 34.1 Å². The van der Waals surface area contributed by atoms with Crippen molar-refractivity contribution in [3.63, 3.8) is 0 Å². The topological polar surface area (TPSA) is 77.7 Å². The number of aryl methyl sites for hydroxylation is 1. The van der Waals surface area contributed by atoms with E-state index in [1.54, 1.807) is 20.4 Å². The van der Waals surface area contributed by atoms with Gasteiger partial charge in [-0.05, 0) is 54.6 Å². The second kappa shape index (κ2) is 7.86. The normalized spacial score (nSPS) is 13.4. The Labute approximate surface area is 180 Å². The fraction of sp³-hybridized carbons (Fsp3) is 0.304. The third kappa shape index (κ3) is 3.76. The van der Waals surface area contributed by atoms with Crippen LogP contribution in [-0.4, -0.2) is 40.5 Å². The first-order valence-electron chi connectivity index (χ1n) is 10.4. The van der Waals surface area contributed by atoms with Crippen molar-refractivity contribution >= 4 is 5.95 Å². The van der Waals surface area contributed by atoms with E-state index in [4.69, 9.17) is 19.6 Å². The van der Waals surface area contributed by atoms with Crippen LogP contribution in [0.3, 0.4) is 0 Å². The van der Waals surface area contributed by atoms with E-state index in [9.17, 15) is 0 Å². The number of nitrogens with one attached hydrogen (secondary N) is 1. The second-order valence-corrected chi connectivity index (χ2v) is 7.79. The number of hydrogen-bond acceptors (Lipinski definition) is 6. The van der Waals surface area contributed by atoms with Gasteiger partial charge < -0.3 is 14.8 Å². The molecule has 3 heterocycles. The summed E-state index contributed by atoms with van der Waals surface area (Å²) in [6.07, 6.45) is 8.39. The molecule has 1 aliphatic rings. The lowest BCUT2D eigenvalue weighted by Crippen LogP contribution is -2.29. The number of anilines is 1. The average Bonchev–Trinajstić information content (AvgIpc) is 3.57. The van der Waals surface area contributed by atoms with Crippen LogP contribution in [0.25, 0.3) is 22.6 Å². The van der Waals surface area contributed by atoms with E-state index in [-0.39, 0.29) is 0 Å². The maximum atomic E-state index is 5.45. The number of ether oxygens (including phenoxy) is 2. The zero-order valence-corrected chi connectivity index (χ0v) is 17.9. The van der Waals surface area contributed by atoms with Gasteiger partial charge in [0.25, 0.3) is 0 Å². The minimum Gasteiger partial charge on any atom is -0.493 e. The van der Waals surface area contributed by atoms with Gasteiger partial charge in [-0.2, -0.15) is 0 Å². The fourth-order valence-electron chi connectivity index (χ4n) is 3.66. The zero-order valence-electron chi connectivity index (χ0n) is 17.9. The Morgan fingerprint density at radius 3 is 2.71 bits per heavy atom. The predicted octanol–water partition coefficient (Wildman–Crippen LogP) is 3.19. The van der Waals surface area contributed by atoms with Crippen LogP contribution in [0, 0.1) is 12.8 Å². The van der Waals surface area contributed by atoms with Gasteiger partial charge in [-0.1, -0.05) is 0 Å². The molecule has 0 aliphatic heterocycles. The van der Waals surface area contributed by atoms with Gasteiger partial charge >= 0.3 is 0 Å². The maximum absolute atomic E-state index is 5.45. The van der Waals surface area contributed by atoms with Crippen molar-refractivity contribution in [2.45, 2.75) is 19.8 Å². The minimum absolute atomic E-state index is 0.653. The first kappa shape index (κ1) is 19.3. The molecule has 0 atom stereocenters.